The van der Waals surface area contributed by atoms with Crippen LogP contribution >= 0.6 is 0 Å². The van der Waals surface area contributed by atoms with E-state index in [9.17, 15) is 21.9 Å². The molecule has 8 heteroatoms. The summed E-state index contributed by atoms with van der Waals surface area (Å²) in [6.07, 6.45) is 2.47. The van der Waals surface area contributed by atoms with Gasteiger partial charge in [0.05, 0.1) is 12.5 Å². The van der Waals surface area contributed by atoms with Crippen molar-refractivity contribution in [1.29, 1.82) is 0 Å². The summed E-state index contributed by atoms with van der Waals surface area (Å²) in [5.41, 5.74) is 0.858. The Bertz CT molecular complexity index is 681. The van der Waals surface area contributed by atoms with E-state index in [0.717, 1.165) is 18.1 Å². The molecule has 0 aliphatic carbocycles. The van der Waals surface area contributed by atoms with E-state index in [1.807, 2.05) is 19.9 Å². The van der Waals surface area contributed by atoms with Crippen molar-refractivity contribution in [1.82, 2.24) is 3.71 Å². The van der Waals surface area contributed by atoms with E-state index >= 15 is 0 Å². The predicted octanol–water partition coefficient (Wildman–Crippen LogP) is 1.74. The van der Waals surface area contributed by atoms with Crippen LogP contribution in [0.15, 0.2) is 24.3 Å². The summed E-state index contributed by atoms with van der Waals surface area (Å²) in [5, 5.41) is 9.58. The normalized spacial score (nSPS) is 15.7. The molecule has 0 saturated carbocycles. The number of phenolic OH excluding ortho intramolecular Hbond substituents is 1. The minimum absolute atomic E-state index is 0.0573. The zero-order valence-corrected chi connectivity index (χ0v) is 14.9. The zero-order valence-electron chi connectivity index (χ0n) is 13.2. The van der Waals surface area contributed by atoms with Gasteiger partial charge in [-0.25, -0.2) is 16.8 Å². The molecule has 0 aliphatic heterocycles. The van der Waals surface area contributed by atoms with Gasteiger partial charge in [-0.3, -0.25) is 0 Å². The molecule has 2 atom stereocenters. The molecule has 0 aromatic heterocycles. The lowest BCUT2D eigenvalue weighted by Crippen LogP contribution is -2.39. The van der Waals surface area contributed by atoms with Crippen LogP contribution in [0.3, 0.4) is 0 Å². The Kier molecular flexibility index (Phi) is 6.00. The van der Waals surface area contributed by atoms with E-state index < -0.39 is 20.0 Å². The van der Waals surface area contributed by atoms with Crippen molar-refractivity contribution in [2.24, 2.45) is 5.92 Å². The maximum atomic E-state index is 11.7. The number of aromatic hydroxyl groups is 1. The molecule has 22 heavy (non-hydrogen) atoms. The molecule has 0 amide bonds. The average Bonchev–Trinajstić information content (AvgIpc) is 2.34. The van der Waals surface area contributed by atoms with Crippen LogP contribution in [0.5, 0.6) is 5.75 Å². The van der Waals surface area contributed by atoms with Crippen molar-refractivity contribution >= 4 is 20.0 Å². The Hall–Kier alpha value is -1.12. The Morgan fingerprint density at radius 1 is 1.14 bits per heavy atom. The van der Waals surface area contributed by atoms with Crippen molar-refractivity contribution in [3.05, 3.63) is 29.8 Å². The monoisotopic (exact) mass is 349 g/mol. The molecule has 0 fully saturated rings. The first-order valence-electron chi connectivity index (χ1n) is 6.93. The summed E-state index contributed by atoms with van der Waals surface area (Å²) in [6, 6.07) is 6.73. The van der Waals surface area contributed by atoms with E-state index in [-0.39, 0.29) is 24.1 Å². The number of hydrogen-bond acceptors (Lipinski definition) is 5. The van der Waals surface area contributed by atoms with Crippen LogP contribution in [0, 0.1) is 5.92 Å². The highest BCUT2D eigenvalue weighted by atomic mass is 32.3. The lowest BCUT2D eigenvalue weighted by atomic mass is 9.85. The summed E-state index contributed by atoms with van der Waals surface area (Å²) < 4.78 is 47.4. The van der Waals surface area contributed by atoms with E-state index in [4.69, 9.17) is 0 Å². The van der Waals surface area contributed by atoms with Crippen molar-refractivity contribution < 1.29 is 21.9 Å². The summed E-state index contributed by atoms with van der Waals surface area (Å²) in [6.45, 7) is 3.63. The smallest absolute Gasteiger partial charge is 0.224 e. The molecule has 6 nitrogen and oxygen atoms in total. The molecule has 1 aromatic carbocycles. The standard InChI is InChI=1S/C14H23NO5S2/c1-5-14(12-7-6-8-13(16)9-12)11(2)10-15(21(3,17)18)22(4,19)20/h6-9,11,14,16H,5,10H2,1-4H3. The highest BCUT2D eigenvalue weighted by Crippen LogP contribution is 2.31. The highest BCUT2D eigenvalue weighted by molar-refractivity contribution is 8.03. The number of benzene rings is 1. The molecule has 0 spiro atoms. The Balaban J connectivity index is 3.09. The number of rotatable bonds is 7. The molecule has 2 unspecified atom stereocenters. The lowest BCUT2D eigenvalue weighted by molar-refractivity contribution is 0.383. The second kappa shape index (κ2) is 6.97. The highest BCUT2D eigenvalue weighted by Gasteiger charge is 2.31. The molecule has 0 heterocycles. The van der Waals surface area contributed by atoms with Gasteiger partial charge < -0.3 is 5.11 Å². The largest absolute Gasteiger partial charge is 0.508 e. The van der Waals surface area contributed by atoms with E-state index in [0.29, 0.717) is 10.1 Å². The van der Waals surface area contributed by atoms with Gasteiger partial charge in [-0.05, 0) is 36.0 Å². The third-order valence-electron chi connectivity index (χ3n) is 3.60. The van der Waals surface area contributed by atoms with Crippen LogP contribution in [-0.2, 0) is 20.0 Å². The molecular formula is C14H23NO5S2. The molecule has 1 rings (SSSR count). The van der Waals surface area contributed by atoms with E-state index in [1.165, 1.54) is 0 Å². The lowest BCUT2D eigenvalue weighted by Gasteiger charge is -2.27. The molecule has 1 N–H and O–H groups in total. The summed E-state index contributed by atoms with van der Waals surface area (Å²) in [4.78, 5) is 0. The Morgan fingerprint density at radius 3 is 2.09 bits per heavy atom. The van der Waals surface area contributed by atoms with Gasteiger partial charge in [-0.2, -0.15) is 0 Å². The van der Waals surface area contributed by atoms with Crippen molar-refractivity contribution in [3.63, 3.8) is 0 Å². The van der Waals surface area contributed by atoms with Crippen LogP contribution in [0.1, 0.15) is 31.7 Å². The van der Waals surface area contributed by atoms with Gasteiger partial charge in [0.1, 0.15) is 5.75 Å². The first-order chi connectivity index (χ1) is 9.96. The molecule has 0 bridgehead atoms. The molecule has 126 valence electrons. The topological polar surface area (TPSA) is 91.8 Å². The first-order valence-corrected chi connectivity index (χ1v) is 10.6. The molecular weight excluding hydrogens is 326 g/mol. The summed E-state index contributed by atoms with van der Waals surface area (Å²) in [5.74, 6) is -0.152. The van der Waals surface area contributed by atoms with Crippen molar-refractivity contribution in [2.75, 3.05) is 19.1 Å². The van der Waals surface area contributed by atoms with Crippen LogP contribution in [-0.4, -0.2) is 44.7 Å². The third-order valence-corrected chi connectivity index (χ3v) is 7.00. The average molecular weight is 349 g/mol. The number of nitrogens with zero attached hydrogens (tertiary/aromatic N) is 1. The summed E-state index contributed by atoms with van der Waals surface area (Å²) >= 11 is 0. The summed E-state index contributed by atoms with van der Waals surface area (Å²) in [7, 11) is -7.71. The minimum atomic E-state index is -3.85. The first kappa shape index (κ1) is 18.9. The van der Waals surface area contributed by atoms with Gasteiger partial charge in [0.25, 0.3) is 0 Å². The predicted molar refractivity (Wildman–Crippen MR) is 86.7 cm³/mol. The fourth-order valence-electron chi connectivity index (χ4n) is 2.60. The van der Waals surface area contributed by atoms with Gasteiger partial charge in [0.2, 0.25) is 20.0 Å². The molecule has 1 aromatic rings. The minimum Gasteiger partial charge on any atom is -0.508 e. The number of phenols is 1. The van der Waals surface area contributed by atoms with Gasteiger partial charge in [-0.1, -0.05) is 29.7 Å². The van der Waals surface area contributed by atoms with Crippen LogP contribution in [0.25, 0.3) is 0 Å². The van der Waals surface area contributed by atoms with Crippen LogP contribution < -0.4 is 0 Å². The van der Waals surface area contributed by atoms with Crippen LogP contribution in [0.2, 0.25) is 0 Å². The second-order valence-electron chi connectivity index (χ2n) is 5.57. The maximum absolute atomic E-state index is 11.7. The van der Waals surface area contributed by atoms with Crippen LogP contribution in [0.4, 0.5) is 0 Å². The molecule has 0 aliphatic rings. The van der Waals surface area contributed by atoms with Gasteiger partial charge in [-0.15, -0.1) is 0 Å². The maximum Gasteiger partial charge on any atom is 0.224 e. The number of hydrogen-bond donors (Lipinski definition) is 1. The fraction of sp³-hybridized carbons (Fsp3) is 0.571. The zero-order chi connectivity index (χ0) is 17.1. The molecule has 0 saturated heterocycles. The van der Waals surface area contributed by atoms with Gasteiger partial charge >= 0.3 is 0 Å². The Morgan fingerprint density at radius 2 is 1.68 bits per heavy atom. The SMILES string of the molecule is CCC(c1cccc(O)c1)C(C)CN(S(C)(=O)=O)S(C)(=O)=O. The number of sulfonamides is 2. The quantitative estimate of drug-likeness (QED) is 0.809. The fourth-order valence-corrected chi connectivity index (χ4v) is 5.58. The molecule has 0 radical (unpaired) electrons. The van der Waals surface area contributed by atoms with Crippen molar-refractivity contribution in [3.8, 4) is 5.75 Å². The van der Waals surface area contributed by atoms with Crippen molar-refractivity contribution in [2.45, 2.75) is 26.2 Å². The van der Waals surface area contributed by atoms with Gasteiger partial charge in [0, 0.05) is 6.54 Å². The van der Waals surface area contributed by atoms with E-state index in [2.05, 4.69) is 0 Å². The van der Waals surface area contributed by atoms with E-state index in [1.54, 1.807) is 18.2 Å². The Labute approximate surface area is 132 Å². The van der Waals surface area contributed by atoms with Gasteiger partial charge in [0.15, 0.2) is 0 Å². The third kappa shape index (κ3) is 4.96. The second-order valence-corrected chi connectivity index (χ2v) is 9.61.